The van der Waals surface area contributed by atoms with Crippen LogP contribution in [0.25, 0.3) is 0 Å². The number of ether oxygens (including phenoxy) is 1. The molecule has 0 spiro atoms. The predicted molar refractivity (Wildman–Crippen MR) is 84.4 cm³/mol. The number of aryl methyl sites for hydroxylation is 1. The van der Waals surface area contributed by atoms with E-state index in [0.29, 0.717) is 6.54 Å². The molecule has 0 aliphatic carbocycles. The van der Waals surface area contributed by atoms with Crippen LogP contribution in [0.5, 0.6) is 5.75 Å². The first-order valence-electron chi connectivity index (χ1n) is 6.80. The van der Waals surface area contributed by atoms with Crippen LogP contribution in [0, 0.1) is 6.92 Å². The Morgan fingerprint density at radius 3 is 2.55 bits per heavy atom. The molecule has 0 fully saturated rings. The van der Waals surface area contributed by atoms with Crippen LogP contribution in [-0.4, -0.2) is 20.7 Å². The zero-order chi connectivity index (χ0) is 14.5. The number of anilines is 1. The van der Waals surface area contributed by atoms with Gasteiger partial charge in [-0.25, -0.2) is 0 Å². The van der Waals surface area contributed by atoms with Gasteiger partial charge in [0.15, 0.2) is 0 Å². The van der Waals surface area contributed by atoms with Crippen molar-refractivity contribution in [3.05, 3.63) is 59.7 Å². The maximum atomic E-state index is 6.00. The molecule has 1 atom stereocenters. The smallest absolute Gasteiger partial charge is 0.119 e. The Labute approximate surface area is 121 Å². The summed E-state index contributed by atoms with van der Waals surface area (Å²) in [5.41, 5.74) is 9.61. The quantitative estimate of drug-likeness (QED) is 0.907. The van der Waals surface area contributed by atoms with Gasteiger partial charge in [-0.1, -0.05) is 30.3 Å². The standard InChI is InChI=1S/C17H22N2O/c1-13-7-4-5-10-16(13)19(2)17(12-18)14-8-6-9-15(11-14)20-3/h4-11,17H,12,18H2,1-3H3. The highest BCUT2D eigenvalue weighted by Gasteiger charge is 2.17. The summed E-state index contributed by atoms with van der Waals surface area (Å²) in [6.45, 7) is 2.67. The molecular weight excluding hydrogens is 248 g/mol. The molecule has 20 heavy (non-hydrogen) atoms. The first kappa shape index (κ1) is 14.4. The van der Waals surface area contributed by atoms with Crippen molar-refractivity contribution < 1.29 is 4.74 Å². The van der Waals surface area contributed by atoms with E-state index in [0.717, 1.165) is 11.3 Å². The number of nitrogens with two attached hydrogens (primary N) is 1. The van der Waals surface area contributed by atoms with Gasteiger partial charge >= 0.3 is 0 Å². The molecular formula is C17H22N2O. The van der Waals surface area contributed by atoms with Crippen LogP contribution < -0.4 is 15.4 Å². The first-order valence-corrected chi connectivity index (χ1v) is 6.80. The number of nitrogens with zero attached hydrogens (tertiary/aromatic N) is 1. The number of benzene rings is 2. The zero-order valence-electron chi connectivity index (χ0n) is 12.3. The molecule has 0 saturated heterocycles. The van der Waals surface area contributed by atoms with Crippen molar-refractivity contribution in [3.8, 4) is 5.75 Å². The van der Waals surface area contributed by atoms with Gasteiger partial charge in [0.1, 0.15) is 5.75 Å². The monoisotopic (exact) mass is 270 g/mol. The Bertz CT molecular complexity index is 568. The summed E-state index contributed by atoms with van der Waals surface area (Å²) in [7, 11) is 3.76. The summed E-state index contributed by atoms with van der Waals surface area (Å²) in [6, 6.07) is 16.6. The van der Waals surface area contributed by atoms with Crippen LogP contribution in [0.1, 0.15) is 17.2 Å². The number of methoxy groups -OCH3 is 1. The summed E-state index contributed by atoms with van der Waals surface area (Å²) in [5.74, 6) is 0.860. The fourth-order valence-electron chi connectivity index (χ4n) is 2.49. The molecule has 2 rings (SSSR count). The fourth-order valence-corrected chi connectivity index (χ4v) is 2.49. The Hall–Kier alpha value is -2.00. The zero-order valence-corrected chi connectivity index (χ0v) is 12.3. The lowest BCUT2D eigenvalue weighted by atomic mass is 10.0. The van der Waals surface area contributed by atoms with Crippen LogP contribution >= 0.6 is 0 Å². The van der Waals surface area contributed by atoms with Crippen molar-refractivity contribution in [1.82, 2.24) is 0 Å². The normalized spacial score (nSPS) is 12.0. The predicted octanol–water partition coefficient (Wildman–Crippen LogP) is 3.14. The molecule has 106 valence electrons. The summed E-state index contributed by atoms with van der Waals surface area (Å²) in [5, 5.41) is 0. The van der Waals surface area contributed by atoms with Crippen LogP contribution in [0.3, 0.4) is 0 Å². The third-order valence-electron chi connectivity index (χ3n) is 3.66. The van der Waals surface area contributed by atoms with Crippen LogP contribution in [0.2, 0.25) is 0 Å². The Morgan fingerprint density at radius 2 is 1.90 bits per heavy atom. The van der Waals surface area contributed by atoms with Crippen molar-refractivity contribution >= 4 is 5.69 Å². The largest absolute Gasteiger partial charge is 0.497 e. The lowest BCUT2D eigenvalue weighted by Crippen LogP contribution is -2.30. The number of hydrogen-bond donors (Lipinski definition) is 1. The third kappa shape index (κ3) is 2.94. The molecule has 2 aromatic rings. The van der Waals surface area contributed by atoms with Crippen molar-refractivity contribution in [1.29, 1.82) is 0 Å². The molecule has 2 aromatic carbocycles. The number of hydrogen-bond acceptors (Lipinski definition) is 3. The average molecular weight is 270 g/mol. The van der Waals surface area contributed by atoms with E-state index < -0.39 is 0 Å². The minimum atomic E-state index is 0.131. The van der Waals surface area contributed by atoms with Gasteiger partial charge in [0, 0.05) is 19.3 Å². The lowest BCUT2D eigenvalue weighted by molar-refractivity contribution is 0.413. The lowest BCUT2D eigenvalue weighted by Gasteiger charge is -2.31. The second-order valence-electron chi connectivity index (χ2n) is 4.93. The van der Waals surface area contributed by atoms with Gasteiger partial charge in [-0.2, -0.15) is 0 Å². The van der Waals surface area contributed by atoms with Gasteiger partial charge in [-0.15, -0.1) is 0 Å². The van der Waals surface area contributed by atoms with E-state index >= 15 is 0 Å². The summed E-state index contributed by atoms with van der Waals surface area (Å²) in [6.07, 6.45) is 0. The van der Waals surface area contributed by atoms with Gasteiger partial charge in [0.05, 0.1) is 13.2 Å². The molecule has 2 N–H and O–H groups in total. The number of para-hydroxylation sites is 1. The van der Waals surface area contributed by atoms with E-state index in [1.807, 2.05) is 18.2 Å². The topological polar surface area (TPSA) is 38.5 Å². The first-order chi connectivity index (χ1) is 9.67. The molecule has 0 saturated carbocycles. The molecule has 0 aromatic heterocycles. The van der Waals surface area contributed by atoms with E-state index in [9.17, 15) is 0 Å². The molecule has 0 heterocycles. The summed E-state index contributed by atoms with van der Waals surface area (Å²) in [4.78, 5) is 2.23. The van der Waals surface area contributed by atoms with Gasteiger partial charge in [0.25, 0.3) is 0 Å². The Morgan fingerprint density at radius 1 is 1.15 bits per heavy atom. The number of likely N-dealkylation sites (N-methyl/N-ethyl adjacent to an activating group) is 1. The van der Waals surface area contributed by atoms with Crippen LogP contribution in [-0.2, 0) is 0 Å². The molecule has 0 aliphatic rings. The van der Waals surface area contributed by atoms with Crippen molar-refractivity contribution in [2.45, 2.75) is 13.0 Å². The SMILES string of the molecule is COc1cccc(C(CN)N(C)c2ccccc2C)c1. The van der Waals surface area contributed by atoms with E-state index in [1.54, 1.807) is 7.11 Å². The average Bonchev–Trinajstić information content (AvgIpc) is 2.48. The summed E-state index contributed by atoms with van der Waals surface area (Å²) < 4.78 is 5.30. The van der Waals surface area contributed by atoms with Crippen molar-refractivity contribution in [2.24, 2.45) is 5.73 Å². The fraction of sp³-hybridized carbons (Fsp3) is 0.294. The van der Waals surface area contributed by atoms with Crippen molar-refractivity contribution in [3.63, 3.8) is 0 Å². The molecule has 3 heteroatoms. The molecule has 0 bridgehead atoms. The highest BCUT2D eigenvalue weighted by atomic mass is 16.5. The second-order valence-corrected chi connectivity index (χ2v) is 4.93. The van der Waals surface area contributed by atoms with E-state index in [-0.39, 0.29) is 6.04 Å². The van der Waals surface area contributed by atoms with E-state index in [2.05, 4.69) is 49.2 Å². The molecule has 0 aliphatic heterocycles. The molecule has 3 nitrogen and oxygen atoms in total. The second kappa shape index (κ2) is 6.44. The van der Waals surface area contributed by atoms with Gasteiger partial charge in [-0.05, 0) is 36.2 Å². The highest BCUT2D eigenvalue weighted by Crippen LogP contribution is 2.29. The molecule has 0 amide bonds. The maximum Gasteiger partial charge on any atom is 0.119 e. The summed E-state index contributed by atoms with van der Waals surface area (Å²) >= 11 is 0. The van der Waals surface area contributed by atoms with Gasteiger partial charge in [-0.3, -0.25) is 0 Å². The number of rotatable bonds is 5. The van der Waals surface area contributed by atoms with Crippen molar-refractivity contribution in [2.75, 3.05) is 25.6 Å². The van der Waals surface area contributed by atoms with Crippen LogP contribution in [0.4, 0.5) is 5.69 Å². The maximum absolute atomic E-state index is 6.00. The Kier molecular flexibility index (Phi) is 4.64. The minimum Gasteiger partial charge on any atom is -0.497 e. The minimum absolute atomic E-state index is 0.131. The van der Waals surface area contributed by atoms with E-state index in [1.165, 1.54) is 11.3 Å². The molecule has 0 radical (unpaired) electrons. The highest BCUT2D eigenvalue weighted by molar-refractivity contribution is 5.54. The van der Waals surface area contributed by atoms with E-state index in [4.69, 9.17) is 10.5 Å². The van der Waals surface area contributed by atoms with Crippen LogP contribution in [0.15, 0.2) is 48.5 Å². The third-order valence-corrected chi connectivity index (χ3v) is 3.66. The Balaban J connectivity index is 2.34. The van der Waals surface area contributed by atoms with Gasteiger partial charge < -0.3 is 15.4 Å². The molecule has 1 unspecified atom stereocenters. The van der Waals surface area contributed by atoms with Gasteiger partial charge in [0.2, 0.25) is 0 Å².